The highest BCUT2D eigenvalue weighted by atomic mass is 32.1. The molecular weight excluding hydrogens is 397 g/mol. The van der Waals surface area contributed by atoms with Crippen molar-refractivity contribution < 1.29 is 18.8 Å². The van der Waals surface area contributed by atoms with E-state index in [1.165, 1.54) is 24.1 Å². The van der Waals surface area contributed by atoms with Gasteiger partial charge in [-0.2, -0.15) is 0 Å². The first-order valence-electron chi connectivity index (χ1n) is 8.65. The van der Waals surface area contributed by atoms with Gasteiger partial charge in [0.2, 0.25) is 0 Å². The van der Waals surface area contributed by atoms with Crippen molar-refractivity contribution in [1.82, 2.24) is 5.32 Å². The van der Waals surface area contributed by atoms with Gasteiger partial charge in [0, 0.05) is 11.8 Å². The summed E-state index contributed by atoms with van der Waals surface area (Å²) >= 11 is 5.46. The number of thiocarbonyl (C=S) groups is 1. The topological polar surface area (TPSA) is 84.7 Å². The second-order valence-electron chi connectivity index (χ2n) is 6.46. The average Bonchev–Trinajstić information content (AvgIpc) is 2.69. The Hall–Kier alpha value is -3.33. The van der Waals surface area contributed by atoms with Crippen molar-refractivity contribution in [2.24, 2.45) is 0 Å². The first-order chi connectivity index (χ1) is 13.8. The SMILES string of the molecule is COC(=O)C1=C(C)N(c2ccc(C)c(F)c2)C(=S)NC1c1ccccc1[N+](=O)[O-]. The molecular formula is C20H18FN3O4S. The fourth-order valence-electron chi connectivity index (χ4n) is 3.28. The van der Waals surface area contributed by atoms with Crippen LogP contribution in [0.15, 0.2) is 53.7 Å². The van der Waals surface area contributed by atoms with Crippen molar-refractivity contribution in [2.45, 2.75) is 19.9 Å². The number of nitro groups is 1. The van der Waals surface area contributed by atoms with E-state index < -0.39 is 22.8 Å². The van der Waals surface area contributed by atoms with Crippen molar-refractivity contribution in [3.05, 3.63) is 80.8 Å². The van der Waals surface area contributed by atoms with Crippen molar-refractivity contribution in [1.29, 1.82) is 0 Å². The monoisotopic (exact) mass is 415 g/mol. The molecule has 9 heteroatoms. The normalized spacial score (nSPS) is 16.5. The molecule has 1 aliphatic rings. The van der Waals surface area contributed by atoms with Gasteiger partial charge in [0.25, 0.3) is 5.69 Å². The first-order valence-corrected chi connectivity index (χ1v) is 9.06. The Bertz CT molecular complexity index is 1050. The Morgan fingerprint density at radius 2 is 1.97 bits per heavy atom. The summed E-state index contributed by atoms with van der Waals surface area (Å²) in [5, 5.41) is 14.6. The molecule has 0 radical (unpaired) electrons. The van der Waals surface area contributed by atoms with E-state index in [0.717, 1.165) is 0 Å². The van der Waals surface area contributed by atoms with Crippen LogP contribution >= 0.6 is 12.2 Å². The number of hydrogen-bond acceptors (Lipinski definition) is 5. The Kier molecular flexibility index (Phi) is 5.60. The third kappa shape index (κ3) is 3.68. The molecule has 0 bridgehead atoms. The van der Waals surface area contributed by atoms with E-state index in [4.69, 9.17) is 17.0 Å². The molecule has 2 aromatic carbocycles. The lowest BCUT2D eigenvalue weighted by atomic mass is 9.93. The Labute approximate surface area is 171 Å². The van der Waals surface area contributed by atoms with Gasteiger partial charge >= 0.3 is 5.97 Å². The molecule has 0 aromatic heterocycles. The number of hydrogen-bond donors (Lipinski definition) is 1. The molecule has 0 aliphatic carbocycles. The van der Waals surface area contributed by atoms with Gasteiger partial charge in [-0.15, -0.1) is 0 Å². The Morgan fingerprint density at radius 3 is 2.59 bits per heavy atom. The van der Waals surface area contributed by atoms with Crippen molar-refractivity contribution >= 4 is 34.7 Å². The summed E-state index contributed by atoms with van der Waals surface area (Å²) in [6.07, 6.45) is 0. The fourth-order valence-corrected chi connectivity index (χ4v) is 3.64. The fraction of sp³-hybridized carbons (Fsp3) is 0.200. The predicted molar refractivity (Wildman–Crippen MR) is 110 cm³/mol. The average molecular weight is 415 g/mol. The number of esters is 1. The number of nitrogens with zero attached hydrogens (tertiary/aromatic N) is 2. The van der Waals surface area contributed by atoms with E-state index >= 15 is 0 Å². The lowest BCUT2D eigenvalue weighted by molar-refractivity contribution is -0.385. The second-order valence-corrected chi connectivity index (χ2v) is 6.84. The third-order valence-corrected chi connectivity index (χ3v) is 5.05. The number of methoxy groups -OCH3 is 1. The predicted octanol–water partition coefficient (Wildman–Crippen LogP) is 3.93. The van der Waals surface area contributed by atoms with Gasteiger partial charge in [-0.1, -0.05) is 18.2 Å². The van der Waals surface area contributed by atoms with E-state index in [-0.39, 0.29) is 21.9 Å². The van der Waals surface area contributed by atoms with Crippen LogP contribution in [-0.2, 0) is 9.53 Å². The van der Waals surface area contributed by atoms with Gasteiger partial charge in [-0.05, 0) is 49.8 Å². The molecule has 1 heterocycles. The van der Waals surface area contributed by atoms with Crippen LogP contribution in [0.2, 0.25) is 0 Å². The number of rotatable bonds is 4. The quantitative estimate of drug-likeness (QED) is 0.351. The molecule has 150 valence electrons. The molecule has 0 fully saturated rings. The summed E-state index contributed by atoms with van der Waals surface area (Å²) in [6, 6.07) is 9.79. The minimum atomic E-state index is -0.886. The van der Waals surface area contributed by atoms with Crippen LogP contribution in [0.3, 0.4) is 0 Å². The number of nitrogens with one attached hydrogen (secondary N) is 1. The highest BCUT2D eigenvalue weighted by Gasteiger charge is 2.38. The summed E-state index contributed by atoms with van der Waals surface area (Å²) in [5.41, 5.74) is 1.55. The zero-order chi connectivity index (χ0) is 21.3. The molecule has 1 atom stereocenters. The maximum atomic E-state index is 14.1. The van der Waals surface area contributed by atoms with Gasteiger partial charge in [0.05, 0.1) is 34.9 Å². The van der Waals surface area contributed by atoms with Crippen LogP contribution in [0, 0.1) is 22.9 Å². The van der Waals surface area contributed by atoms with E-state index in [0.29, 0.717) is 16.9 Å². The van der Waals surface area contributed by atoms with E-state index in [2.05, 4.69) is 5.32 Å². The van der Waals surface area contributed by atoms with Crippen molar-refractivity contribution in [3.63, 3.8) is 0 Å². The maximum absolute atomic E-state index is 14.1. The molecule has 2 aromatic rings. The Morgan fingerprint density at radius 1 is 1.28 bits per heavy atom. The number of carbonyl (C=O) groups excluding carboxylic acids is 1. The van der Waals surface area contributed by atoms with Crippen LogP contribution in [0.25, 0.3) is 0 Å². The number of carbonyl (C=O) groups is 1. The maximum Gasteiger partial charge on any atom is 0.337 e. The minimum Gasteiger partial charge on any atom is -0.466 e. The second kappa shape index (κ2) is 7.96. The summed E-state index contributed by atoms with van der Waals surface area (Å²) in [6.45, 7) is 3.28. The first kappa shape index (κ1) is 20.4. The van der Waals surface area contributed by atoms with E-state index in [1.54, 1.807) is 44.2 Å². The molecule has 0 amide bonds. The minimum absolute atomic E-state index is 0.149. The standard InChI is InChI=1S/C20H18FN3O4S/c1-11-8-9-13(10-15(11)21)23-12(2)17(19(25)28-3)18(22-20(23)29)14-6-4-5-7-16(14)24(26)27/h4-10,18H,1-3H3,(H,22,29). The third-order valence-electron chi connectivity index (χ3n) is 4.75. The Balaban J connectivity index is 2.20. The lowest BCUT2D eigenvalue weighted by Crippen LogP contribution is -2.48. The molecule has 0 spiro atoms. The van der Waals surface area contributed by atoms with Crippen LogP contribution in [-0.4, -0.2) is 23.1 Å². The summed E-state index contributed by atoms with van der Waals surface area (Å²) < 4.78 is 19.0. The van der Waals surface area contributed by atoms with E-state index in [9.17, 15) is 19.3 Å². The molecule has 1 N–H and O–H groups in total. The number of halogens is 1. The highest BCUT2D eigenvalue weighted by Crippen LogP contribution is 2.37. The molecule has 1 unspecified atom stereocenters. The molecule has 1 aliphatic heterocycles. The number of allylic oxidation sites excluding steroid dienone is 1. The number of ether oxygens (including phenoxy) is 1. The molecule has 0 saturated carbocycles. The number of nitro benzene ring substituents is 1. The van der Waals surface area contributed by atoms with E-state index in [1.807, 2.05) is 0 Å². The van der Waals surface area contributed by atoms with Gasteiger partial charge < -0.3 is 10.1 Å². The number of benzene rings is 2. The summed E-state index contributed by atoms with van der Waals surface area (Å²) in [4.78, 5) is 25.1. The molecule has 7 nitrogen and oxygen atoms in total. The molecule has 3 rings (SSSR count). The van der Waals surface area contributed by atoms with Gasteiger partial charge in [-0.3, -0.25) is 15.0 Å². The van der Waals surface area contributed by atoms with Crippen LogP contribution in [0.4, 0.5) is 15.8 Å². The smallest absolute Gasteiger partial charge is 0.337 e. The number of aryl methyl sites for hydroxylation is 1. The van der Waals surface area contributed by atoms with Crippen LogP contribution in [0.5, 0.6) is 0 Å². The zero-order valence-corrected chi connectivity index (χ0v) is 16.7. The lowest BCUT2D eigenvalue weighted by Gasteiger charge is -2.37. The number of anilines is 1. The van der Waals surface area contributed by atoms with Crippen LogP contribution < -0.4 is 10.2 Å². The van der Waals surface area contributed by atoms with Gasteiger partial charge in [0.1, 0.15) is 5.82 Å². The summed E-state index contributed by atoms with van der Waals surface area (Å²) in [5.74, 6) is -1.09. The highest BCUT2D eigenvalue weighted by molar-refractivity contribution is 7.80. The van der Waals surface area contributed by atoms with Gasteiger partial charge in [0.15, 0.2) is 5.11 Å². The summed E-state index contributed by atoms with van der Waals surface area (Å²) in [7, 11) is 1.22. The van der Waals surface area contributed by atoms with Crippen molar-refractivity contribution in [2.75, 3.05) is 12.0 Å². The number of para-hydroxylation sites is 1. The van der Waals surface area contributed by atoms with Gasteiger partial charge in [-0.25, -0.2) is 9.18 Å². The zero-order valence-electron chi connectivity index (χ0n) is 15.9. The van der Waals surface area contributed by atoms with Crippen LogP contribution in [0.1, 0.15) is 24.1 Å². The van der Waals surface area contributed by atoms with Crippen molar-refractivity contribution in [3.8, 4) is 0 Å². The largest absolute Gasteiger partial charge is 0.466 e. The molecule has 29 heavy (non-hydrogen) atoms. The molecule has 0 saturated heterocycles.